The van der Waals surface area contributed by atoms with E-state index >= 15 is 0 Å². The highest BCUT2D eigenvalue weighted by atomic mass is 32.1. The quantitative estimate of drug-likeness (QED) is 0.260. The summed E-state index contributed by atoms with van der Waals surface area (Å²) < 4.78 is 1.24. The van der Waals surface area contributed by atoms with Gasteiger partial charge in [-0.05, 0) is 43.8 Å². The van der Waals surface area contributed by atoms with E-state index in [1.165, 1.54) is 27.8 Å². The Morgan fingerprint density at radius 2 is 1.88 bits per heavy atom. The molecule has 0 amide bonds. The Morgan fingerprint density at radius 3 is 2.59 bits per heavy atom. The second kappa shape index (κ2) is 12.3. The summed E-state index contributed by atoms with van der Waals surface area (Å²) in [4.78, 5) is 47.3. The first-order chi connectivity index (χ1) is 19.9. The Labute approximate surface area is 247 Å². The molecular weight excluding hydrogens is 557 g/mol. The molecule has 6 rings (SSSR count). The van der Waals surface area contributed by atoms with Gasteiger partial charge in [0, 0.05) is 54.9 Å². The van der Waals surface area contributed by atoms with E-state index in [1.54, 1.807) is 35.1 Å². The van der Waals surface area contributed by atoms with E-state index < -0.39 is 5.97 Å². The number of thiophene rings is 1. The SMILES string of the molecule is C[C@@H]1CCCN1Cc1sc(CC(=O)c2cnc(N3CCN(CCC(=O)O)CC3)cn2)nc1-c1cc2ccccc2s1. The lowest BCUT2D eigenvalue weighted by Gasteiger charge is -2.34. The van der Waals surface area contributed by atoms with Gasteiger partial charge in [0.1, 0.15) is 16.5 Å². The van der Waals surface area contributed by atoms with E-state index in [2.05, 4.69) is 61.9 Å². The van der Waals surface area contributed by atoms with Crippen LogP contribution in [0.1, 0.15) is 46.6 Å². The van der Waals surface area contributed by atoms with Crippen LogP contribution in [-0.4, -0.2) is 86.9 Å². The second-order valence-corrected chi connectivity index (χ2v) is 13.1. The molecule has 0 aliphatic carbocycles. The fourth-order valence-corrected chi connectivity index (χ4v) is 7.85. The Bertz CT molecular complexity index is 1490. The number of carboxylic acids is 1. The van der Waals surface area contributed by atoms with Crippen molar-refractivity contribution in [2.45, 2.75) is 45.2 Å². The molecule has 2 aliphatic heterocycles. The number of carbonyl (C=O) groups excluding carboxylic acids is 1. The van der Waals surface area contributed by atoms with Crippen molar-refractivity contribution >= 4 is 50.3 Å². The van der Waals surface area contributed by atoms with Gasteiger partial charge in [-0.3, -0.25) is 19.4 Å². The number of ketones is 1. The van der Waals surface area contributed by atoms with Crippen molar-refractivity contribution in [3.05, 3.63) is 58.3 Å². The van der Waals surface area contributed by atoms with E-state index in [0.717, 1.165) is 60.7 Å². The molecule has 0 unspecified atom stereocenters. The minimum atomic E-state index is -0.773. The molecule has 0 saturated carbocycles. The fourth-order valence-electron chi connectivity index (χ4n) is 5.60. The van der Waals surface area contributed by atoms with Crippen LogP contribution in [0, 0.1) is 0 Å². The number of likely N-dealkylation sites (tertiary alicyclic amines) is 1. The zero-order valence-corrected chi connectivity index (χ0v) is 24.8. The molecule has 4 aromatic rings. The molecular formula is C30H34N6O3S2. The van der Waals surface area contributed by atoms with Gasteiger partial charge < -0.3 is 10.0 Å². The molecule has 0 spiro atoms. The molecule has 9 nitrogen and oxygen atoms in total. The highest BCUT2D eigenvalue weighted by Crippen LogP contribution is 2.38. The zero-order chi connectivity index (χ0) is 28.3. The van der Waals surface area contributed by atoms with Crippen molar-refractivity contribution in [3.63, 3.8) is 0 Å². The Hall–Kier alpha value is -3.25. The summed E-state index contributed by atoms with van der Waals surface area (Å²) in [7, 11) is 0. The summed E-state index contributed by atoms with van der Waals surface area (Å²) in [5, 5.41) is 10.9. The van der Waals surface area contributed by atoms with Gasteiger partial charge in [0.2, 0.25) is 0 Å². The van der Waals surface area contributed by atoms with Gasteiger partial charge in [-0.1, -0.05) is 18.2 Å². The number of Topliss-reactive ketones (excluding diaryl/α,β-unsaturated/α-hetero) is 1. The number of anilines is 1. The number of piperazine rings is 1. The maximum absolute atomic E-state index is 13.3. The van der Waals surface area contributed by atoms with Gasteiger partial charge in [0.05, 0.1) is 35.8 Å². The van der Waals surface area contributed by atoms with Gasteiger partial charge in [0.15, 0.2) is 5.78 Å². The third-order valence-electron chi connectivity index (χ3n) is 8.01. The largest absolute Gasteiger partial charge is 0.481 e. The molecule has 3 aromatic heterocycles. The predicted molar refractivity (Wildman–Crippen MR) is 163 cm³/mol. The molecule has 2 fully saturated rings. The number of benzene rings is 1. The number of carbonyl (C=O) groups is 2. The molecule has 2 saturated heterocycles. The highest BCUT2D eigenvalue weighted by molar-refractivity contribution is 7.22. The fraction of sp³-hybridized carbons (Fsp3) is 0.433. The number of hydrogen-bond donors (Lipinski definition) is 1. The van der Waals surface area contributed by atoms with E-state index in [9.17, 15) is 9.59 Å². The summed E-state index contributed by atoms with van der Waals surface area (Å²) in [6, 6.07) is 11.2. The number of aliphatic carboxylic acids is 1. The standard InChI is InChI=1S/C30H34N6O3S2/c1-20-5-4-9-36(20)19-26-30(25-15-21-6-2-3-7-24(21)40-25)33-28(41-26)16-23(37)22-17-32-27(18-31-22)35-13-11-34(12-14-35)10-8-29(38)39/h2-3,6-7,15,17-18,20H,4-5,8-14,16,19H2,1H3,(H,38,39)/t20-/m1/s1. The van der Waals surface area contributed by atoms with Crippen molar-refractivity contribution in [3.8, 4) is 10.6 Å². The van der Waals surface area contributed by atoms with E-state index in [4.69, 9.17) is 10.1 Å². The predicted octanol–water partition coefficient (Wildman–Crippen LogP) is 4.82. The number of thiazole rings is 1. The number of rotatable bonds is 10. The summed E-state index contributed by atoms with van der Waals surface area (Å²) in [6.45, 7) is 7.86. The van der Waals surface area contributed by atoms with Crippen LogP contribution in [0.2, 0.25) is 0 Å². The number of hydrogen-bond acceptors (Lipinski definition) is 10. The van der Waals surface area contributed by atoms with Crippen molar-refractivity contribution < 1.29 is 14.7 Å². The molecule has 2 aliphatic rings. The average molecular weight is 591 g/mol. The molecule has 5 heterocycles. The minimum Gasteiger partial charge on any atom is -0.481 e. The topological polar surface area (TPSA) is 103 Å². The molecule has 214 valence electrons. The van der Waals surface area contributed by atoms with E-state index in [1.807, 2.05) is 0 Å². The van der Waals surface area contributed by atoms with Gasteiger partial charge in [-0.25, -0.2) is 15.0 Å². The van der Waals surface area contributed by atoms with Crippen LogP contribution in [0.25, 0.3) is 20.7 Å². The van der Waals surface area contributed by atoms with Crippen LogP contribution in [0.4, 0.5) is 5.82 Å². The molecule has 0 radical (unpaired) electrons. The molecule has 41 heavy (non-hydrogen) atoms. The first-order valence-corrected chi connectivity index (χ1v) is 15.8. The van der Waals surface area contributed by atoms with Crippen molar-refractivity contribution in [1.29, 1.82) is 0 Å². The summed E-state index contributed by atoms with van der Waals surface area (Å²) in [5.41, 5.74) is 1.35. The third-order valence-corrected chi connectivity index (χ3v) is 10.2. The Balaban J connectivity index is 1.15. The first-order valence-electron chi connectivity index (χ1n) is 14.2. The lowest BCUT2D eigenvalue weighted by Crippen LogP contribution is -2.47. The Kier molecular flexibility index (Phi) is 8.38. The summed E-state index contributed by atoms with van der Waals surface area (Å²) in [6.07, 6.45) is 6.04. The van der Waals surface area contributed by atoms with Crippen LogP contribution in [0.15, 0.2) is 42.7 Å². The Morgan fingerprint density at radius 1 is 1.05 bits per heavy atom. The molecule has 1 N–H and O–H groups in total. The van der Waals surface area contributed by atoms with Gasteiger partial charge in [-0.15, -0.1) is 22.7 Å². The maximum atomic E-state index is 13.3. The smallest absolute Gasteiger partial charge is 0.304 e. The number of fused-ring (bicyclic) bond motifs is 1. The second-order valence-electron chi connectivity index (χ2n) is 10.8. The summed E-state index contributed by atoms with van der Waals surface area (Å²) in [5.74, 6) is -0.118. The lowest BCUT2D eigenvalue weighted by molar-refractivity contribution is -0.137. The number of nitrogens with zero attached hydrogens (tertiary/aromatic N) is 6. The normalized spacial score (nSPS) is 18.4. The maximum Gasteiger partial charge on any atom is 0.304 e. The summed E-state index contributed by atoms with van der Waals surface area (Å²) >= 11 is 3.40. The minimum absolute atomic E-state index is 0.0831. The monoisotopic (exact) mass is 590 g/mol. The zero-order valence-electron chi connectivity index (χ0n) is 23.2. The third kappa shape index (κ3) is 6.48. The van der Waals surface area contributed by atoms with Crippen molar-refractivity contribution in [2.24, 2.45) is 0 Å². The lowest BCUT2D eigenvalue weighted by atomic mass is 10.2. The van der Waals surface area contributed by atoms with Crippen LogP contribution < -0.4 is 4.90 Å². The van der Waals surface area contributed by atoms with E-state index in [0.29, 0.717) is 18.3 Å². The first kappa shape index (κ1) is 27.9. The van der Waals surface area contributed by atoms with Crippen molar-refractivity contribution in [1.82, 2.24) is 24.8 Å². The van der Waals surface area contributed by atoms with Gasteiger partial charge >= 0.3 is 5.97 Å². The van der Waals surface area contributed by atoms with Crippen molar-refractivity contribution in [2.75, 3.05) is 44.2 Å². The van der Waals surface area contributed by atoms with Crippen LogP contribution >= 0.6 is 22.7 Å². The average Bonchev–Trinajstić information content (AvgIpc) is 3.70. The molecule has 1 atom stereocenters. The van der Waals surface area contributed by atoms with Gasteiger partial charge in [0.25, 0.3) is 0 Å². The van der Waals surface area contributed by atoms with Crippen LogP contribution in [-0.2, 0) is 17.8 Å². The number of aromatic nitrogens is 3. The van der Waals surface area contributed by atoms with Crippen LogP contribution in [0.3, 0.4) is 0 Å². The highest BCUT2D eigenvalue weighted by Gasteiger charge is 2.25. The molecule has 1 aromatic carbocycles. The van der Waals surface area contributed by atoms with E-state index in [-0.39, 0.29) is 18.6 Å². The molecule has 0 bridgehead atoms. The molecule has 11 heteroatoms. The van der Waals surface area contributed by atoms with Gasteiger partial charge in [-0.2, -0.15) is 0 Å². The van der Waals surface area contributed by atoms with Crippen LogP contribution in [0.5, 0.6) is 0 Å². The number of carboxylic acid groups (broad SMARTS) is 1.